The van der Waals surface area contributed by atoms with Crippen LogP contribution in [-0.4, -0.2) is 21.4 Å². The van der Waals surface area contributed by atoms with Crippen molar-refractivity contribution in [2.75, 3.05) is 10.6 Å². The number of halogens is 1. The summed E-state index contributed by atoms with van der Waals surface area (Å²) in [6, 6.07) is 12.1. The molecule has 0 bridgehead atoms. The molecule has 27 heavy (non-hydrogen) atoms. The molecule has 0 aliphatic rings. The van der Waals surface area contributed by atoms with Gasteiger partial charge in [-0.2, -0.15) is 0 Å². The number of thioether (sulfide) groups is 1. The molecule has 0 unspecified atom stereocenters. The molecular weight excluding hydrogens is 383 g/mol. The number of aromatic nitrogens is 2. The minimum absolute atomic E-state index is 0.0939. The Morgan fingerprint density at radius 2 is 2.00 bits per heavy atom. The molecule has 140 valence electrons. The lowest BCUT2D eigenvalue weighted by Gasteiger charge is -2.12. The van der Waals surface area contributed by atoms with Gasteiger partial charge in [0.15, 0.2) is 4.34 Å². The highest BCUT2D eigenvalue weighted by Gasteiger charge is 2.18. The van der Waals surface area contributed by atoms with Gasteiger partial charge in [0.25, 0.3) is 0 Å². The van der Waals surface area contributed by atoms with Crippen LogP contribution in [0.5, 0.6) is 0 Å². The molecule has 0 saturated heterocycles. The fourth-order valence-corrected chi connectivity index (χ4v) is 4.22. The van der Waals surface area contributed by atoms with E-state index in [1.54, 1.807) is 12.1 Å². The normalized spacial score (nSPS) is 11.9. The predicted octanol–water partition coefficient (Wildman–Crippen LogP) is 5.16. The molecule has 5 nitrogen and oxygen atoms in total. The number of rotatable bonds is 6. The molecule has 0 aliphatic carbocycles. The van der Waals surface area contributed by atoms with Crippen LogP contribution < -0.4 is 10.6 Å². The summed E-state index contributed by atoms with van der Waals surface area (Å²) >= 11 is 2.65. The minimum atomic E-state index is -0.333. The molecular formula is C19H19FN4OS2. The van der Waals surface area contributed by atoms with Crippen molar-refractivity contribution in [3.63, 3.8) is 0 Å². The lowest BCUT2D eigenvalue weighted by atomic mass is 10.1. The third kappa shape index (κ3) is 5.27. The summed E-state index contributed by atoms with van der Waals surface area (Å²) < 4.78 is 13.9. The van der Waals surface area contributed by atoms with E-state index in [1.165, 1.54) is 35.2 Å². The number of nitrogens with zero attached hydrogens (tertiary/aromatic N) is 2. The number of hydrogen-bond donors (Lipinski definition) is 2. The summed E-state index contributed by atoms with van der Waals surface area (Å²) in [5.74, 6) is -0.417. The van der Waals surface area contributed by atoms with Crippen LogP contribution in [0.15, 0.2) is 46.8 Å². The van der Waals surface area contributed by atoms with Crippen LogP contribution in [0.25, 0.3) is 0 Å². The number of hydrogen-bond acceptors (Lipinski definition) is 6. The maximum Gasteiger partial charge on any atom is 0.237 e. The Labute approximate surface area is 165 Å². The van der Waals surface area contributed by atoms with Crippen molar-refractivity contribution in [2.45, 2.75) is 30.4 Å². The fraction of sp³-hybridized carbons (Fsp3) is 0.211. The number of carbonyl (C=O) groups is 1. The summed E-state index contributed by atoms with van der Waals surface area (Å²) in [6.07, 6.45) is 0. The largest absolute Gasteiger partial charge is 0.330 e. The monoisotopic (exact) mass is 402 g/mol. The summed E-state index contributed by atoms with van der Waals surface area (Å²) in [7, 11) is 0. The van der Waals surface area contributed by atoms with Crippen molar-refractivity contribution >= 4 is 45.5 Å². The van der Waals surface area contributed by atoms with Gasteiger partial charge in [-0.25, -0.2) is 4.39 Å². The zero-order valence-electron chi connectivity index (χ0n) is 15.1. The molecule has 0 spiro atoms. The standard InChI is InChI=1S/C19H19FN4OS2/c1-11-7-8-12(2)16(9-11)22-17(25)13(3)26-19-24-23-18(27-19)21-15-6-4-5-14(20)10-15/h4-10,13H,1-3H3,(H,21,23)(H,22,25)/t13-/m1/s1. The Bertz CT molecular complexity index is 960. The van der Waals surface area contributed by atoms with Crippen molar-refractivity contribution in [3.05, 3.63) is 59.4 Å². The number of amides is 1. The van der Waals surface area contributed by atoms with Gasteiger partial charge >= 0.3 is 0 Å². The lowest BCUT2D eigenvalue weighted by molar-refractivity contribution is -0.115. The topological polar surface area (TPSA) is 66.9 Å². The molecule has 1 heterocycles. The average Bonchev–Trinajstić information content (AvgIpc) is 3.05. The van der Waals surface area contributed by atoms with Gasteiger partial charge in [-0.05, 0) is 56.2 Å². The minimum Gasteiger partial charge on any atom is -0.330 e. The first-order valence-corrected chi connectivity index (χ1v) is 10.0. The number of carbonyl (C=O) groups excluding carboxylic acids is 1. The molecule has 0 aliphatic heterocycles. The molecule has 0 fully saturated rings. The average molecular weight is 403 g/mol. The molecule has 3 rings (SSSR count). The van der Waals surface area contributed by atoms with Crippen molar-refractivity contribution < 1.29 is 9.18 Å². The highest BCUT2D eigenvalue weighted by molar-refractivity contribution is 8.02. The third-order valence-electron chi connectivity index (χ3n) is 3.78. The van der Waals surface area contributed by atoms with Crippen LogP contribution in [0.3, 0.4) is 0 Å². The van der Waals surface area contributed by atoms with Crippen molar-refractivity contribution in [2.24, 2.45) is 0 Å². The zero-order valence-corrected chi connectivity index (χ0v) is 16.7. The molecule has 2 aromatic carbocycles. The van der Waals surface area contributed by atoms with E-state index in [4.69, 9.17) is 0 Å². The first-order valence-electron chi connectivity index (χ1n) is 8.31. The lowest BCUT2D eigenvalue weighted by Crippen LogP contribution is -2.22. The maximum absolute atomic E-state index is 13.2. The van der Waals surface area contributed by atoms with Crippen LogP contribution in [0.1, 0.15) is 18.1 Å². The molecule has 1 amide bonds. The second-order valence-electron chi connectivity index (χ2n) is 6.08. The first kappa shape index (κ1) is 19.3. The van der Waals surface area contributed by atoms with E-state index in [1.807, 2.05) is 39.0 Å². The second kappa shape index (κ2) is 8.49. The van der Waals surface area contributed by atoms with Gasteiger partial charge in [-0.1, -0.05) is 41.3 Å². The Hall–Kier alpha value is -2.45. The summed E-state index contributed by atoms with van der Waals surface area (Å²) in [6.45, 7) is 5.77. The molecule has 1 aromatic heterocycles. The van der Waals surface area contributed by atoms with E-state index in [9.17, 15) is 9.18 Å². The third-order valence-corrected chi connectivity index (χ3v) is 5.80. The number of anilines is 3. The van der Waals surface area contributed by atoms with E-state index in [2.05, 4.69) is 20.8 Å². The molecule has 2 N–H and O–H groups in total. The van der Waals surface area contributed by atoms with Crippen LogP contribution in [0.2, 0.25) is 0 Å². The van der Waals surface area contributed by atoms with Gasteiger partial charge < -0.3 is 10.6 Å². The molecule has 3 aromatic rings. The molecule has 1 atom stereocenters. The highest BCUT2D eigenvalue weighted by atomic mass is 32.2. The van der Waals surface area contributed by atoms with Crippen LogP contribution in [-0.2, 0) is 4.79 Å². The number of aryl methyl sites for hydroxylation is 2. The first-order chi connectivity index (χ1) is 12.9. The molecule has 8 heteroatoms. The van der Waals surface area contributed by atoms with Crippen LogP contribution >= 0.6 is 23.1 Å². The van der Waals surface area contributed by atoms with Gasteiger partial charge in [0.05, 0.1) is 5.25 Å². The number of nitrogens with one attached hydrogen (secondary N) is 2. The molecule has 0 saturated carbocycles. The predicted molar refractivity (Wildman–Crippen MR) is 109 cm³/mol. The van der Waals surface area contributed by atoms with E-state index >= 15 is 0 Å². The Morgan fingerprint density at radius 3 is 2.78 bits per heavy atom. The van der Waals surface area contributed by atoms with E-state index in [0.717, 1.165) is 16.8 Å². The maximum atomic E-state index is 13.2. The summed E-state index contributed by atoms with van der Waals surface area (Å²) in [5, 5.41) is 14.3. The smallest absolute Gasteiger partial charge is 0.237 e. The van der Waals surface area contributed by atoms with Crippen LogP contribution in [0.4, 0.5) is 20.9 Å². The van der Waals surface area contributed by atoms with Gasteiger partial charge in [-0.15, -0.1) is 10.2 Å². The summed E-state index contributed by atoms with van der Waals surface area (Å²) in [5.41, 5.74) is 3.53. The van der Waals surface area contributed by atoms with Crippen molar-refractivity contribution in [1.82, 2.24) is 10.2 Å². The number of benzene rings is 2. The quantitative estimate of drug-likeness (QED) is 0.558. The SMILES string of the molecule is Cc1ccc(C)c(NC(=O)[C@@H](C)Sc2nnc(Nc3cccc(F)c3)s2)c1. The Kier molecular flexibility index (Phi) is 6.08. The van der Waals surface area contributed by atoms with Gasteiger partial charge in [0.2, 0.25) is 11.0 Å². The van der Waals surface area contributed by atoms with Crippen molar-refractivity contribution in [1.29, 1.82) is 0 Å². The van der Waals surface area contributed by atoms with Gasteiger partial charge in [-0.3, -0.25) is 4.79 Å². The van der Waals surface area contributed by atoms with Gasteiger partial charge in [0, 0.05) is 11.4 Å². The highest BCUT2D eigenvalue weighted by Crippen LogP contribution is 2.31. The Morgan fingerprint density at radius 1 is 1.19 bits per heavy atom. The van der Waals surface area contributed by atoms with Crippen molar-refractivity contribution in [3.8, 4) is 0 Å². The Balaban J connectivity index is 1.60. The fourth-order valence-electron chi connectivity index (χ4n) is 2.31. The zero-order chi connectivity index (χ0) is 19.4. The van der Waals surface area contributed by atoms with E-state index in [0.29, 0.717) is 15.2 Å². The van der Waals surface area contributed by atoms with E-state index < -0.39 is 0 Å². The summed E-state index contributed by atoms with van der Waals surface area (Å²) in [4.78, 5) is 12.5. The van der Waals surface area contributed by atoms with Gasteiger partial charge in [0.1, 0.15) is 5.82 Å². The molecule has 0 radical (unpaired) electrons. The second-order valence-corrected chi connectivity index (χ2v) is 8.64. The van der Waals surface area contributed by atoms with E-state index in [-0.39, 0.29) is 17.0 Å². The van der Waals surface area contributed by atoms with Crippen LogP contribution in [0, 0.1) is 19.7 Å².